The molecule has 0 aliphatic heterocycles. The maximum absolute atomic E-state index is 9.89. The van der Waals surface area contributed by atoms with Gasteiger partial charge in [-0.15, -0.1) is 0 Å². The molecule has 0 spiro atoms. The Labute approximate surface area is 142 Å². The fourth-order valence-corrected chi connectivity index (χ4v) is 2.77. The maximum atomic E-state index is 9.89. The lowest BCUT2D eigenvalue weighted by Gasteiger charge is -2.05. The summed E-state index contributed by atoms with van der Waals surface area (Å²) in [6, 6.07) is 15.3. The predicted octanol–water partition coefficient (Wildman–Crippen LogP) is 4.72. The summed E-state index contributed by atoms with van der Waals surface area (Å²) in [5.41, 5.74) is 2.39. The van der Waals surface area contributed by atoms with Gasteiger partial charge in [-0.05, 0) is 65.1 Å². The van der Waals surface area contributed by atoms with Gasteiger partial charge in [0.05, 0.1) is 12.8 Å². The van der Waals surface area contributed by atoms with Crippen molar-refractivity contribution in [1.29, 1.82) is 0 Å². The number of ether oxygens (including phenoxy) is 1. The van der Waals surface area contributed by atoms with E-state index in [0.29, 0.717) is 5.52 Å². The summed E-state index contributed by atoms with van der Waals surface area (Å²) in [6.07, 6.45) is 3.88. The van der Waals surface area contributed by atoms with Gasteiger partial charge in [0.25, 0.3) is 0 Å². The molecule has 2 aromatic carbocycles. The van der Waals surface area contributed by atoms with E-state index in [4.69, 9.17) is 4.74 Å². The summed E-state index contributed by atoms with van der Waals surface area (Å²) < 4.78 is 6.50. The zero-order chi connectivity index (χ0) is 15.5. The lowest BCUT2D eigenvalue weighted by atomic mass is 10.1. The summed E-state index contributed by atoms with van der Waals surface area (Å²) in [7, 11) is 1.66. The smallest absolute Gasteiger partial charge is 0.141 e. The number of phenolic OH excluding ortho intramolecular Hbond substituents is 1. The molecule has 3 nitrogen and oxygen atoms in total. The Bertz CT molecular complexity index is 859. The maximum Gasteiger partial charge on any atom is 0.141 e. The summed E-state index contributed by atoms with van der Waals surface area (Å²) in [4.78, 5) is 4.49. The SMILES string of the molecule is COc1ccc(I)cc1C=Cc1ccc2cccc(O)c2n1. The molecule has 0 unspecified atom stereocenters. The number of halogens is 1. The first-order valence-electron chi connectivity index (χ1n) is 6.78. The third-order valence-electron chi connectivity index (χ3n) is 3.35. The molecule has 0 aliphatic carbocycles. The average Bonchev–Trinajstić information content (AvgIpc) is 2.53. The van der Waals surface area contributed by atoms with Crippen molar-refractivity contribution in [3.8, 4) is 11.5 Å². The Kier molecular flexibility index (Phi) is 4.29. The molecule has 0 saturated heterocycles. The van der Waals surface area contributed by atoms with Gasteiger partial charge in [0.15, 0.2) is 0 Å². The van der Waals surface area contributed by atoms with Crippen LogP contribution in [0.4, 0.5) is 0 Å². The summed E-state index contributed by atoms with van der Waals surface area (Å²) in [6.45, 7) is 0. The second kappa shape index (κ2) is 6.36. The fourth-order valence-electron chi connectivity index (χ4n) is 2.25. The standard InChI is InChI=1S/C18H14INO2/c1-22-17-10-7-14(19)11-13(17)6-9-15-8-5-12-3-2-4-16(21)18(12)20-15/h2-11,21H,1H3. The molecule has 1 N–H and O–H groups in total. The zero-order valence-electron chi connectivity index (χ0n) is 12.0. The highest BCUT2D eigenvalue weighted by Gasteiger charge is 2.03. The van der Waals surface area contributed by atoms with E-state index in [1.54, 1.807) is 13.2 Å². The highest BCUT2D eigenvalue weighted by molar-refractivity contribution is 14.1. The van der Waals surface area contributed by atoms with Crippen molar-refractivity contribution < 1.29 is 9.84 Å². The van der Waals surface area contributed by atoms with Crippen LogP contribution in [0.5, 0.6) is 11.5 Å². The van der Waals surface area contributed by atoms with Crippen molar-refractivity contribution >= 4 is 45.6 Å². The molecule has 1 heterocycles. The normalized spacial score (nSPS) is 11.2. The molecule has 0 amide bonds. The number of para-hydroxylation sites is 1. The molecule has 3 aromatic rings. The summed E-state index contributed by atoms with van der Waals surface area (Å²) in [5, 5.41) is 10.8. The van der Waals surface area contributed by atoms with Gasteiger partial charge in [0.1, 0.15) is 17.0 Å². The van der Waals surface area contributed by atoms with Crippen molar-refractivity contribution in [2.75, 3.05) is 7.11 Å². The van der Waals surface area contributed by atoms with Crippen molar-refractivity contribution in [3.63, 3.8) is 0 Å². The molecule has 1 aromatic heterocycles. The third-order valence-corrected chi connectivity index (χ3v) is 4.02. The van der Waals surface area contributed by atoms with Gasteiger partial charge in [-0.3, -0.25) is 0 Å². The van der Waals surface area contributed by atoms with Crippen molar-refractivity contribution in [2.24, 2.45) is 0 Å². The molecule has 0 saturated carbocycles. The van der Waals surface area contributed by atoms with Crippen LogP contribution in [0.25, 0.3) is 23.1 Å². The number of benzene rings is 2. The highest BCUT2D eigenvalue weighted by atomic mass is 127. The minimum atomic E-state index is 0.194. The topological polar surface area (TPSA) is 42.4 Å². The molecule has 0 radical (unpaired) electrons. The number of nitrogens with zero attached hydrogens (tertiary/aromatic N) is 1. The van der Waals surface area contributed by atoms with E-state index in [-0.39, 0.29) is 5.75 Å². The van der Waals surface area contributed by atoms with Gasteiger partial charge < -0.3 is 9.84 Å². The monoisotopic (exact) mass is 403 g/mol. The van der Waals surface area contributed by atoms with Crippen molar-refractivity contribution in [2.45, 2.75) is 0 Å². The average molecular weight is 403 g/mol. The molecule has 22 heavy (non-hydrogen) atoms. The quantitative estimate of drug-likeness (QED) is 0.644. The van der Waals surface area contributed by atoms with Crippen LogP contribution >= 0.6 is 22.6 Å². The number of phenols is 1. The van der Waals surface area contributed by atoms with E-state index in [1.165, 1.54) is 0 Å². The molecule has 4 heteroatoms. The number of hydrogen-bond acceptors (Lipinski definition) is 3. The lowest BCUT2D eigenvalue weighted by molar-refractivity contribution is 0.414. The number of pyridine rings is 1. The minimum Gasteiger partial charge on any atom is -0.506 e. The Morgan fingerprint density at radius 1 is 1.09 bits per heavy atom. The van der Waals surface area contributed by atoms with Gasteiger partial charge in [-0.25, -0.2) is 4.98 Å². The Morgan fingerprint density at radius 3 is 2.77 bits per heavy atom. The zero-order valence-corrected chi connectivity index (χ0v) is 14.1. The van der Waals surface area contributed by atoms with Crippen molar-refractivity contribution in [1.82, 2.24) is 4.98 Å². The first kappa shape index (κ1) is 14.8. The summed E-state index contributed by atoms with van der Waals surface area (Å²) >= 11 is 2.27. The van der Waals surface area contributed by atoms with Gasteiger partial charge in [0, 0.05) is 14.5 Å². The number of methoxy groups -OCH3 is 1. The molecule has 0 aliphatic rings. The number of aromatic nitrogens is 1. The van der Waals surface area contributed by atoms with Crippen LogP contribution in [0.1, 0.15) is 11.3 Å². The van der Waals surface area contributed by atoms with E-state index >= 15 is 0 Å². The van der Waals surface area contributed by atoms with Gasteiger partial charge in [-0.1, -0.05) is 18.2 Å². The Balaban J connectivity index is 1.99. The van der Waals surface area contributed by atoms with E-state index < -0.39 is 0 Å². The van der Waals surface area contributed by atoms with Crippen LogP contribution < -0.4 is 4.74 Å². The van der Waals surface area contributed by atoms with Gasteiger partial charge >= 0.3 is 0 Å². The Morgan fingerprint density at radius 2 is 1.95 bits per heavy atom. The van der Waals surface area contributed by atoms with Gasteiger partial charge in [-0.2, -0.15) is 0 Å². The van der Waals surface area contributed by atoms with E-state index in [0.717, 1.165) is 26.0 Å². The molecular weight excluding hydrogens is 389 g/mol. The first-order valence-corrected chi connectivity index (χ1v) is 7.85. The van der Waals surface area contributed by atoms with E-state index in [9.17, 15) is 5.11 Å². The molecule has 0 atom stereocenters. The highest BCUT2D eigenvalue weighted by Crippen LogP contribution is 2.25. The fraction of sp³-hybridized carbons (Fsp3) is 0.0556. The second-order valence-corrected chi connectivity index (χ2v) is 6.05. The van der Waals surface area contributed by atoms with Crippen molar-refractivity contribution in [3.05, 3.63) is 63.4 Å². The predicted molar refractivity (Wildman–Crippen MR) is 98.0 cm³/mol. The number of rotatable bonds is 3. The van der Waals surface area contributed by atoms with Crippen LogP contribution in [0.2, 0.25) is 0 Å². The minimum absolute atomic E-state index is 0.194. The van der Waals surface area contributed by atoms with E-state index in [2.05, 4.69) is 33.6 Å². The van der Waals surface area contributed by atoms with Gasteiger partial charge in [0.2, 0.25) is 0 Å². The first-order chi connectivity index (χ1) is 10.7. The van der Waals surface area contributed by atoms with Crippen LogP contribution in [0, 0.1) is 3.57 Å². The van der Waals surface area contributed by atoms with Crippen LogP contribution in [0.15, 0.2) is 48.5 Å². The molecule has 0 fully saturated rings. The Hall–Kier alpha value is -2.08. The second-order valence-electron chi connectivity index (χ2n) is 4.80. The number of fused-ring (bicyclic) bond motifs is 1. The summed E-state index contributed by atoms with van der Waals surface area (Å²) in [5.74, 6) is 1.01. The van der Waals surface area contributed by atoms with Crippen LogP contribution in [-0.2, 0) is 0 Å². The molecular formula is C18H14INO2. The van der Waals surface area contributed by atoms with Crippen LogP contribution in [-0.4, -0.2) is 17.2 Å². The molecule has 110 valence electrons. The third kappa shape index (κ3) is 3.06. The molecule has 0 bridgehead atoms. The molecule has 3 rings (SSSR count). The largest absolute Gasteiger partial charge is 0.506 e. The van der Waals surface area contributed by atoms with Crippen LogP contribution in [0.3, 0.4) is 0 Å². The lowest BCUT2D eigenvalue weighted by Crippen LogP contribution is -1.88. The number of hydrogen-bond donors (Lipinski definition) is 1. The van der Waals surface area contributed by atoms with E-state index in [1.807, 2.05) is 48.6 Å². The number of aromatic hydroxyl groups is 1.